The number of ketones is 1. The molecule has 0 radical (unpaired) electrons. The van der Waals surface area contributed by atoms with E-state index in [9.17, 15) is 9.59 Å². The largest absolute Gasteiger partial charge is 0.481 e. The molecular weight excluding hydrogens is 144 g/mol. The van der Waals surface area contributed by atoms with Crippen LogP contribution < -0.4 is 0 Å². The number of aliphatic carboxylic acids is 1. The summed E-state index contributed by atoms with van der Waals surface area (Å²) in [6.07, 6.45) is 1.94. The molecule has 0 aromatic carbocycles. The number of carbonyl (C=O) groups is 2. The van der Waals surface area contributed by atoms with Gasteiger partial charge in [0.2, 0.25) is 0 Å². The maximum atomic E-state index is 11.0. The van der Waals surface area contributed by atoms with E-state index in [0.717, 1.165) is 6.42 Å². The van der Waals surface area contributed by atoms with Crippen LogP contribution in [0.1, 0.15) is 19.3 Å². The van der Waals surface area contributed by atoms with Crippen molar-refractivity contribution in [3.8, 4) is 0 Å². The molecule has 60 valence electrons. The molecule has 2 rings (SSSR count). The lowest BCUT2D eigenvalue weighted by Gasteiger charge is -2.15. The zero-order valence-corrected chi connectivity index (χ0v) is 6.12. The highest BCUT2D eigenvalue weighted by atomic mass is 16.4. The van der Waals surface area contributed by atoms with Crippen LogP contribution in [0, 0.1) is 17.8 Å². The van der Waals surface area contributed by atoms with E-state index in [4.69, 9.17) is 5.11 Å². The zero-order valence-electron chi connectivity index (χ0n) is 6.12. The van der Waals surface area contributed by atoms with Gasteiger partial charge in [-0.1, -0.05) is 0 Å². The van der Waals surface area contributed by atoms with Crippen molar-refractivity contribution < 1.29 is 14.7 Å². The van der Waals surface area contributed by atoms with Gasteiger partial charge < -0.3 is 5.11 Å². The molecule has 0 aliphatic heterocycles. The van der Waals surface area contributed by atoms with Crippen LogP contribution in [-0.2, 0) is 9.59 Å². The maximum absolute atomic E-state index is 11.0. The fourth-order valence-electron chi connectivity index (χ4n) is 2.34. The first-order valence-corrected chi connectivity index (χ1v) is 3.94. The molecule has 11 heavy (non-hydrogen) atoms. The molecule has 3 heteroatoms. The van der Waals surface area contributed by atoms with Crippen LogP contribution in [0.5, 0.6) is 0 Å². The normalized spacial score (nSPS) is 41.5. The van der Waals surface area contributed by atoms with Crippen molar-refractivity contribution >= 4 is 11.8 Å². The Morgan fingerprint density at radius 2 is 2.18 bits per heavy atom. The summed E-state index contributed by atoms with van der Waals surface area (Å²) in [5, 5.41) is 8.71. The highest BCUT2D eigenvalue weighted by Gasteiger charge is 2.47. The van der Waals surface area contributed by atoms with E-state index in [-0.39, 0.29) is 23.5 Å². The number of carboxylic acid groups (broad SMARTS) is 1. The van der Waals surface area contributed by atoms with Crippen LogP contribution in [0.3, 0.4) is 0 Å². The number of Topliss-reactive ketones (excluding diaryl/α,β-unsaturated/α-hetero) is 1. The molecule has 0 amide bonds. The molecule has 0 aromatic heterocycles. The van der Waals surface area contributed by atoms with Crippen LogP contribution in [0.4, 0.5) is 0 Å². The van der Waals surface area contributed by atoms with Crippen LogP contribution in [0.25, 0.3) is 0 Å². The summed E-state index contributed by atoms with van der Waals surface area (Å²) in [6.45, 7) is 0. The SMILES string of the molecule is O=C1C[C@@H]2C[C@H]1C[C@H]2C(=O)O. The van der Waals surface area contributed by atoms with Crippen LogP contribution in [0.15, 0.2) is 0 Å². The quantitative estimate of drug-likeness (QED) is 0.604. The third kappa shape index (κ3) is 0.870. The van der Waals surface area contributed by atoms with Crippen molar-refractivity contribution in [2.75, 3.05) is 0 Å². The number of rotatable bonds is 1. The average Bonchev–Trinajstić information content (AvgIpc) is 2.43. The second kappa shape index (κ2) is 2.06. The Kier molecular flexibility index (Phi) is 1.28. The Bertz CT molecular complexity index is 221. The van der Waals surface area contributed by atoms with Gasteiger partial charge in [0.05, 0.1) is 5.92 Å². The van der Waals surface area contributed by atoms with Crippen LogP contribution in [0.2, 0.25) is 0 Å². The molecule has 3 nitrogen and oxygen atoms in total. The fraction of sp³-hybridized carbons (Fsp3) is 0.750. The highest BCUT2D eigenvalue weighted by Crippen LogP contribution is 2.46. The van der Waals surface area contributed by atoms with Crippen molar-refractivity contribution in [1.29, 1.82) is 0 Å². The van der Waals surface area contributed by atoms with Crippen molar-refractivity contribution in [2.24, 2.45) is 17.8 Å². The standard InChI is InChI=1S/C8H10O3/c9-7-3-4-1-5(7)2-6(4)8(10)11/h4-6H,1-3H2,(H,10,11)/t4-,5-,6+/m0/s1. The second-order valence-electron chi connectivity index (χ2n) is 3.54. The van der Waals surface area contributed by atoms with Gasteiger partial charge in [0, 0.05) is 12.3 Å². The van der Waals surface area contributed by atoms with Crippen molar-refractivity contribution in [3.05, 3.63) is 0 Å². The first-order chi connectivity index (χ1) is 5.18. The maximum Gasteiger partial charge on any atom is 0.306 e. The summed E-state index contributed by atoms with van der Waals surface area (Å²) in [5.41, 5.74) is 0. The summed E-state index contributed by atoms with van der Waals surface area (Å²) < 4.78 is 0. The minimum atomic E-state index is -0.718. The summed E-state index contributed by atoms with van der Waals surface area (Å²) in [7, 11) is 0. The van der Waals surface area contributed by atoms with E-state index >= 15 is 0 Å². The minimum absolute atomic E-state index is 0.0844. The van der Waals surface area contributed by atoms with Crippen LogP contribution >= 0.6 is 0 Å². The number of carboxylic acids is 1. The van der Waals surface area contributed by atoms with E-state index in [2.05, 4.69) is 0 Å². The summed E-state index contributed by atoms with van der Waals surface area (Å²) in [6, 6.07) is 0. The first-order valence-electron chi connectivity index (χ1n) is 3.94. The van der Waals surface area contributed by atoms with E-state index in [1.807, 2.05) is 0 Å². The number of hydrogen-bond acceptors (Lipinski definition) is 2. The Balaban J connectivity index is 2.14. The first kappa shape index (κ1) is 6.83. The van der Waals surface area contributed by atoms with Crippen molar-refractivity contribution in [2.45, 2.75) is 19.3 Å². The Labute approximate surface area is 64.4 Å². The molecule has 0 unspecified atom stereocenters. The van der Waals surface area contributed by atoms with Crippen molar-refractivity contribution in [3.63, 3.8) is 0 Å². The number of hydrogen-bond donors (Lipinski definition) is 1. The summed E-state index contributed by atoms with van der Waals surface area (Å²) in [4.78, 5) is 21.6. The van der Waals surface area contributed by atoms with Gasteiger partial charge in [0.15, 0.2) is 0 Å². The van der Waals surface area contributed by atoms with Gasteiger partial charge in [-0.25, -0.2) is 0 Å². The van der Waals surface area contributed by atoms with Gasteiger partial charge in [-0.3, -0.25) is 9.59 Å². The molecule has 2 saturated carbocycles. The summed E-state index contributed by atoms with van der Waals surface area (Å²) in [5.74, 6) is -0.415. The van der Waals surface area contributed by atoms with Gasteiger partial charge in [0.25, 0.3) is 0 Å². The molecule has 0 aromatic rings. The smallest absolute Gasteiger partial charge is 0.306 e. The molecule has 2 fully saturated rings. The van der Waals surface area contributed by atoms with Gasteiger partial charge >= 0.3 is 5.97 Å². The Morgan fingerprint density at radius 3 is 2.55 bits per heavy atom. The molecule has 0 spiro atoms. The molecular formula is C8H10O3. The molecule has 2 bridgehead atoms. The predicted molar refractivity (Wildman–Crippen MR) is 37.0 cm³/mol. The molecule has 1 N–H and O–H groups in total. The third-order valence-electron chi connectivity index (χ3n) is 2.93. The fourth-order valence-corrected chi connectivity index (χ4v) is 2.34. The van der Waals surface area contributed by atoms with E-state index in [1.165, 1.54) is 0 Å². The van der Waals surface area contributed by atoms with Gasteiger partial charge in [-0.2, -0.15) is 0 Å². The molecule has 3 atom stereocenters. The second-order valence-corrected chi connectivity index (χ2v) is 3.54. The topological polar surface area (TPSA) is 54.4 Å². The van der Waals surface area contributed by atoms with E-state index in [1.54, 1.807) is 0 Å². The molecule has 2 aliphatic rings. The summed E-state index contributed by atoms with van der Waals surface area (Å²) >= 11 is 0. The molecule has 0 saturated heterocycles. The Hall–Kier alpha value is -0.860. The van der Waals surface area contributed by atoms with E-state index in [0.29, 0.717) is 12.8 Å². The zero-order chi connectivity index (χ0) is 8.01. The monoisotopic (exact) mass is 154 g/mol. The van der Waals surface area contributed by atoms with Gasteiger partial charge in [-0.05, 0) is 18.8 Å². The number of carbonyl (C=O) groups excluding carboxylic acids is 1. The number of fused-ring (bicyclic) bond motifs is 2. The van der Waals surface area contributed by atoms with Crippen molar-refractivity contribution in [1.82, 2.24) is 0 Å². The lowest BCUT2D eigenvalue weighted by Crippen LogP contribution is -2.23. The van der Waals surface area contributed by atoms with Crippen LogP contribution in [-0.4, -0.2) is 16.9 Å². The lowest BCUT2D eigenvalue weighted by molar-refractivity contribution is -0.144. The average molecular weight is 154 g/mol. The minimum Gasteiger partial charge on any atom is -0.481 e. The lowest BCUT2D eigenvalue weighted by atomic mass is 9.88. The highest BCUT2D eigenvalue weighted by molar-refractivity contribution is 5.87. The van der Waals surface area contributed by atoms with Gasteiger partial charge in [-0.15, -0.1) is 0 Å². The van der Waals surface area contributed by atoms with Gasteiger partial charge in [0.1, 0.15) is 5.78 Å². The predicted octanol–water partition coefficient (Wildman–Crippen LogP) is 0.686. The molecule has 0 heterocycles. The third-order valence-corrected chi connectivity index (χ3v) is 2.93. The van der Waals surface area contributed by atoms with E-state index < -0.39 is 5.97 Å². The molecule has 2 aliphatic carbocycles. The Morgan fingerprint density at radius 1 is 1.45 bits per heavy atom.